The maximum absolute atomic E-state index is 14.0. The van der Waals surface area contributed by atoms with Crippen molar-refractivity contribution in [3.63, 3.8) is 0 Å². The Morgan fingerprint density at radius 2 is 1.40 bits per heavy atom. The lowest BCUT2D eigenvalue weighted by Crippen LogP contribution is -2.21. The highest BCUT2D eigenvalue weighted by Crippen LogP contribution is 2.57. The van der Waals surface area contributed by atoms with Crippen molar-refractivity contribution in [1.82, 2.24) is 0 Å². The molecule has 1 aromatic carbocycles. The number of fused-ring (bicyclic) bond motifs is 3. The molecule has 0 unspecified atom stereocenters. The maximum Gasteiger partial charge on any atom is 0.573 e. The molecule has 0 radical (unpaired) electrons. The van der Waals surface area contributed by atoms with E-state index in [-0.39, 0.29) is 5.75 Å². The van der Waals surface area contributed by atoms with Crippen LogP contribution in [0.25, 0.3) is 9.75 Å². The second kappa shape index (κ2) is 5.96. The molecule has 0 N–H and O–H groups in total. The van der Waals surface area contributed by atoms with Gasteiger partial charge in [0, 0.05) is 15.9 Å². The molecule has 0 saturated carbocycles. The Morgan fingerprint density at radius 1 is 0.920 bits per heavy atom. The first-order chi connectivity index (χ1) is 11.7. The number of alkyl halides is 3. The highest BCUT2D eigenvalue weighted by Gasteiger charge is 2.43. The number of benzene rings is 1. The third kappa shape index (κ3) is 2.94. The number of thiophene rings is 2. The zero-order valence-corrected chi connectivity index (χ0v) is 17.6. The van der Waals surface area contributed by atoms with Gasteiger partial charge >= 0.3 is 6.36 Å². The fraction of sp³-hybridized carbons (Fsp3) is 0.0667. The lowest BCUT2D eigenvalue weighted by atomic mass is 10.3. The summed E-state index contributed by atoms with van der Waals surface area (Å²) in [5, 5.41) is 1.93. The summed E-state index contributed by atoms with van der Waals surface area (Å²) in [6, 6.07) is 8.95. The molecule has 2 nitrogen and oxygen atoms in total. The van der Waals surface area contributed by atoms with Gasteiger partial charge in [0.05, 0.1) is 17.3 Å². The van der Waals surface area contributed by atoms with Crippen LogP contribution in [-0.4, -0.2) is 6.36 Å². The Bertz CT molecular complexity index is 974. The van der Waals surface area contributed by atoms with Gasteiger partial charge in [-0.25, -0.2) is 0 Å². The summed E-state index contributed by atoms with van der Waals surface area (Å²) >= 11 is 9.86. The number of halogens is 5. The van der Waals surface area contributed by atoms with E-state index in [4.69, 9.17) is 0 Å². The van der Waals surface area contributed by atoms with Crippen LogP contribution in [0, 0.1) is 0 Å². The first-order valence-corrected chi connectivity index (χ1v) is 11.7. The zero-order valence-electron chi connectivity index (χ0n) is 11.9. The highest BCUT2D eigenvalue weighted by molar-refractivity contribution is 9.11. The smallest absolute Gasteiger partial charge is 0.406 e. The van der Waals surface area contributed by atoms with E-state index >= 15 is 0 Å². The van der Waals surface area contributed by atoms with Crippen molar-refractivity contribution in [2.75, 3.05) is 0 Å². The van der Waals surface area contributed by atoms with Crippen LogP contribution >= 0.6 is 61.7 Å². The fourth-order valence-electron chi connectivity index (χ4n) is 2.76. The van der Waals surface area contributed by atoms with Crippen LogP contribution in [0.4, 0.5) is 13.2 Å². The Morgan fingerprint density at radius 3 is 1.84 bits per heavy atom. The normalized spacial score (nSPS) is 15.1. The molecule has 10 heteroatoms. The molecule has 130 valence electrons. The SMILES string of the molecule is O=P1(c2ccc(OC(F)(F)F)cc2)c2cc(Br)sc2-c2sc(Br)cc21. The predicted octanol–water partition coefficient (Wildman–Crippen LogP) is 5.85. The van der Waals surface area contributed by atoms with Gasteiger partial charge in [-0.2, -0.15) is 0 Å². The van der Waals surface area contributed by atoms with Crippen molar-refractivity contribution in [3.8, 4) is 15.5 Å². The minimum absolute atomic E-state index is 0.333. The Kier molecular flexibility index (Phi) is 4.24. The van der Waals surface area contributed by atoms with E-state index in [0.29, 0.717) is 5.30 Å². The van der Waals surface area contributed by atoms with Gasteiger partial charge in [-0.1, -0.05) is 0 Å². The average Bonchev–Trinajstić information content (AvgIpc) is 3.13. The number of rotatable bonds is 2. The summed E-state index contributed by atoms with van der Waals surface area (Å²) in [6.45, 7) is 0. The quantitative estimate of drug-likeness (QED) is 0.304. The summed E-state index contributed by atoms with van der Waals surface area (Å²) < 4.78 is 56.6. The molecule has 0 fully saturated rings. The van der Waals surface area contributed by atoms with E-state index in [9.17, 15) is 17.7 Å². The minimum atomic E-state index is -4.75. The molecule has 0 atom stereocenters. The van der Waals surface area contributed by atoms with Crippen LogP contribution < -0.4 is 20.7 Å². The molecule has 4 rings (SSSR count). The first kappa shape index (κ1) is 17.8. The molecule has 0 bridgehead atoms. The third-order valence-corrected chi connectivity index (χ3v) is 10.5. The minimum Gasteiger partial charge on any atom is -0.406 e. The zero-order chi connectivity index (χ0) is 18.0. The van der Waals surface area contributed by atoms with Gasteiger partial charge < -0.3 is 9.30 Å². The molecular weight excluding hydrogens is 524 g/mol. The number of hydrogen-bond donors (Lipinski definition) is 0. The predicted molar refractivity (Wildman–Crippen MR) is 103 cm³/mol. The van der Waals surface area contributed by atoms with Gasteiger partial charge in [-0.15, -0.1) is 35.8 Å². The van der Waals surface area contributed by atoms with Crippen LogP contribution in [0.1, 0.15) is 0 Å². The van der Waals surface area contributed by atoms with E-state index in [0.717, 1.165) is 27.9 Å². The summed E-state index contributed by atoms with van der Waals surface area (Å²) in [6.07, 6.45) is -4.75. The summed E-state index contributed by atoms with van der Waals surface area (Å²) in [5.41, 5.74) is 0. The van der Waals surface area contributed by atoms with Crippen molar-refractivity contribution in [2.45, 2.75) is 6.36 Å². The van der Waals surface area contributed by atoms with Gasteiger partial charge in [-0.3, -0.25) is 0 Å². The first-order valence-electron chi connectivity index (χ1n) is 6.75. The van der Waals surface area contributed by atoms with E-state index in [2.05, 4.69) is 36.6 Å². The van der Waals surface area contributed by atoms with Crippen molar-refractivity contribution < 1.29 is 22.5 Å². The number of hydrogen-bond acceptors (Lipinski definition) is 4. The Labute approximate surface area is 165 Å². The van der Waals surface area contributed by atoms with Crippen LogP contribution in [0.3, 0.4) is 0 Å². The molecule has 0 spiro atoms. The van der Waals surface area contributed by atoms with E-state index in [1.807, 2.05) is 12.1 Å². The van der Waals surface area contributed by atoms with E-state index in [1.54, 1.807) is 0 Å². The van der Waals surface area contributed by atoms with Crippen LogP contribution in [-0.2, 0) is 4.57 Å². The molecule has 3 heterocycles. The second-order valence-corrected chi connectivity index (χ2v) is 12.7. The lowest BCUT2D eigenvalue weighted by molar-refractivity contribution is -0.274. The van der Waals surface area contributed by atoms with E-state index < -0.39 is 13.5 Å². The maximum atomic E-state index is 14.0. The third-order valence-electron chi connectivity index (χ3n) is 3.68. The van der Waals surface area contributed by atoms with Crippen LogP contribution in [0.15, 0.2) is 44.0 Å². The van der Waals surface area contributed by atoms with Gasteiger partial charge in [-0.05, 0) is 68.3 Å². The molecule has 25 heavy (non-hydrogen) atoms. The molecule has 1 aliphatic rings. The Balaban J connectivity index is 1.85. The van der Waals surface area contributed by atoms with Gasteiger partial charge in [0.1, 0.15) is 5.75 Å². The van der Waals surface area contributed by atoms with Crippen molar-refractivity contribution in [3.05, 3.63) is 44.0 Å². The largest absolute Gasteiger partial charge is 0.573 e. The van der Waals surface area contributed by atoms with Crippen LogP contribution in [0.5, 0.6) is 5.75 Å². The van der Waals surface area contributed by atoms with Gasteiger partial charge in [0.15, 0.2) is 7.14 Å². The standard InChI is InChI=1S/C15H6Br2F3O2PS2/c16-11-5-9-13(24-11)14-10(6-12(17)25-14)23(9,21)8-3-1-7(2-4-8)22-15(18,19)20/h1-6H. The van der Waals surface area contributed by atoms with Crippen molar-refractivity contribution in [1.29, 1.82) is 0 Å². The summed E-state index contributed by atoms with van der Waals surface area (Å²) in [4.78, 5) is 1.88. The van der Waals surface area contributed by atoms with Crippen LogP contribution in [0.2, 0.25) is 0 Å². The molecule has 0 amide bonds. The lowest BCUT2D eigenvalue weighted by Gasteiger charge is -2.15. The fourth-order valence-corrected chi connectivity index (χ4v) is 10.4. The highest BCUT2D eigenvalue weighted by atomic mass is 79.9. The second-order valence-electron chi connectivity index (χ2n) is 5.18. The molecule has 1 aliphatic heterocycles. The van der Waals surface area contributed by atoms with Crippen molar-refractivity contribution >= 4 is 77.6 Å². The molecule has 0 aliphatic carbocycles. The van der Waals surface area contributed by atoms with Gasteiger partial charge in [0.25, 0.3) is 0 Å². The molecule has 0 saturated heterocycles. The van der Waals surface area contributed by atoms with Crippen molar-refractivity contribution in [2.24, 2.45) is 0 Å². The molecule has 3 aromatic rings. The summed E-state index contributed by atoms with van der Waals surface area (Å²) in [5.74, 6) is -0.333. The topological polar surface area (TPSA) is 26.3 Å². The Hall–Kier alpha value is -0.600. The number of ether oxygens (including phenoxy) is 1. The van der Waals surface area contributed by atoms with E-state index in [1.165, 1.54) is 46.9 Å². The average molecular weight is 530 g/mol. The molecular formula is C15H6Br2F3O2PS2. The van der Waals surface area contributed by atoms with Gasteiger partial charge in [0.2, 0.25) is 0 Å². The molecule has 2 aromatic heterocycles. The monoisotopic (exact) mass is 528 g/mol. The summed E-state index contributed by atoms with van der Waals surface area (Å²) in [7, 11) is -3.11.